The Morgan fingerprint density at radius 3 is 2.83 bits per heavy atom. The standard InChI is InChI=1S/C12H12N4O2/c13-8-2-1-7-5-16(6-14-9(7)3-8)10-4-11(17)15-12(10)18/h1-4,6,15,17-18H,5,13H2. The molecular formula is C12H12N4O2. The van der Waals surface area contributed by atoms with Crippen LogP contribution in [-0.4, -0.2) is 21.5 Å². The SMILES string of the molecule is Nc1ccc2c(c1)N=CN(c1cc(O)[nH]c1O)C2. The fourth-order valence-electron chi connectivity index (χ4n) is 1.98. The minimum Gasteiger partial charge on any atom is -0.494 e. The van der Waals surface area contributed by atoms with Gasteiger partial charge in [0.25, 0.3) is 0 Å². The van der Waals surface area contributed by atoms with Crippen molar-refractivity contribution < 1.29 is 10.2 Å². The molecule has 0 unspecified atom stereocenters. The number of aliphatic imine (C=N–C) groups is 1. The molecule has 18 heavy (non-hydrogen) atoms. The van der Waals surface area contributed by atoms with Crippen molar-refractivity contribution in [3.63, 3.8) is 0 Å². The third kappa shape index (κ3) is 1.64. The van der Waals surface area contributed by atoms with Crippen LogP contribution >= 0.6 is 0 Å². The van der Waals surface area contributed by atoms with Crippen LogP contribution in [0.4, 0.5) is 17.1 Å². The maximum absolute atomic E-state index is 9.64. The van der Waals surface area contributed by atoms with Crippen molar-refractivity contribution in [2.45, 2.75) is 6.54 Å². The molecule has 0 fully saturated rings. The predicted octanol–water partition coefficient (Wildman–Crippen LogP) is 1.69. The topological polar surface area (TPSA) is 97.9 Å². The Bertz CT molecular complexity index is 633. The van der Waals surface area contributed by atoms with E-state index in [1.807, 2.05) is 12.1 Å². The van der Waals surface area contributed by atoms with Gasteiger partial charge < -0.3 is 20.8 Å². The number of benzene rings is 1. The summed E-state index contributed by atoms with van der Waals surface area (Å²) in [5, 5.41) is 18.9. The largest absolute Gasteiger partial charge is 0.494 e. The van der Waals surface area contributed by atoms with Gasteiger partial charge in [-0.1, -0.05) is 6.07 Å². The highest BCUT2D eigenvalue weighted by molar-refractivity contribution is 5.86. The fraction of sp³-hybridized carbons (Fsp3) is 0.0833. The first-order valence-electron chi connectivity index (χ1n) is 5.43. The van der Waals surface area contributed by atoms with Gasteiger partial charge in [0.15, 0.2) is 5.88 Å². The zero-order chi connectivity index (χ0) is 12.7. The van der Waals surface area contributed by atoms with E-state index in [1.165, 1.54) is 6.07 Å². The molecule has 6 heteroatoms. The summed E-state index contributed by atoms with van der Waals surface area (Å²) in [6.07, 6.45) is 1.60. The number of nitrogens with one attached hydrogen (secondary N) is 1. The van der Waals surface area contributed by atoms with E-state index in [1.54, 1.807) is 17.3 Å². The number of H-pyrrole nitrogens is 1. The number of nitrogens with two attached hydrogens (primary N) is 1. The Hall–Kier alpha value is -2.63. The zero-order valence-corrected chi connectivity index (χ0v) is 9.46. The summed E-state index contributed by atoms with van der Waals surface area (Å²) in [6, 6.07) is 6.96. The van der Waals surface area contributed by atoms with Gasteiger partial charge in [-0.2, -0.15) is 0 Å². The van der Waals surface area contributed by atoms with E-state index in [4.69, 9.17) is 5.73 Å². The first-order chi connectivity index (χ1) is 8.63. The molecule has 5 N–H and O–H groups in total. The number of hydrogen-bond donors (Lipinski definition) is 4. The second-order valence-corrected chi connectivity index (χ2v) is 4.15. The number of aromatic amines is 1. The van der Waals surface area contributed by atoms with Crippen LogP contribution in [0.5, 0.6) is 11.8 Å². The van der Waals surface area contributed by atoms with Crippen LogP contribution in [0.15, 0.2) is 29.3 Å². The molecule has 0 saturated carbocycles. The molecule has 1 aromatic heterocycles. The van der Waals surface area contributed by atoms with E-state index < -0.39 is 0 Å². The smallest absolute Gasteiger partial charge is 0.215 e. The van der Waals surface area contributed by atoms with Crippen LogP contribution in [0.25, 0.3) is 0 Å². The summed E-state index contributed by atoms with van der Waals surface area (Å²) in [5.41, 5.74) is 8.67. The molecular weight excluding hydrogens is 232 g/mol. The molecule has 0 bridgehead atoms. The maximum Gasteiger partial charge on any atom is 0.215 e. The number of nitrogens with zero attached hydrogens (tertiary/aromatic N) is 2. The predicted molar refractivity (Wildman–Crippen MR) is 69.3 cm³/mol. The third-order valence-electron chi connectivity index (χ3n) is 2.86. The number of hydrogen-bond acceptors (Lipinski definition) is 5. The van der Waals surface area contributed by atoms with Gasteiger partial charge in [0.05, 0.1) is 18.6 Å². The molecule has 6 nitrogen and oxygen atoms in total. The van der Waals surface area contributed by atoms with Crippen LogP contribution < -0.4 is 10.6 Å². The lowest BCUT2D eigenvalue weighted by Gasteiger charge is -2.23. The normalized spacial score (nSPS) is 13.7. The van der Waals surface area contributed by atoms with E-state index in [-0.39, 0.29) is 11.8 Å². The van der Waals surface area contributed by atoms with Gasteiger partial charge in [-0.15, -0.1) is 0 Å². The number of nitrogen functional groups attached to an aromatic ring is 1. The quantitative estimate of drug-likeness (QED) is 0.574. The summed E-state index contributed by atoms with van der Waals surface area (Å²) < 4.78 is 0. The average Bonchev–Trinajstić information content (AvgIpc) is 2.68. The van der Waals surface area contributed by atoms with Crippen LogP contribution in [-0.2, 0) is 6.54 Å². The van der Waals surface area contributed by atoms with E-state index in [9.17, 15) is 10.2 Å². The summed E-state index contributed by atoms with van der Waals surface area (Å²) in [7, 11) is 0. The highest BCUT2D eigenvalue weighted by Gasteiger charge is 2.18. The van der Waals surface area contributed by atoms with Gasteiger partial charge in [0.1, 0.15) is 5.69 Å². The Morgan fingerprint density at radius 1 is 1.28 bits per heavy atom. The lowest BCUT2D eigenvalue weighted by atomic mass is 10.1. The number of anilines is 2. The van der Waals surface area contributed by atoms with Crippen molar-refractivity contribution >= 4 is 23.4 Å². The number of rotatable bonds is 1. The van der Waals surface area contributed by atoms with Crippen LogP contribution in [0, 0.1) is 0 Å². The molecule has 3 rings (SSSR count). The van der Waals surface area contributed by atoms with Gasteiger partial charge in [-0.25, -0.2) is 4.99 Å². The molecule has 92 valence electrons. The molecule has 0 aliphatic carbocycles. The molecule has 0 amide bonds. The molecule has 0 saturated heterocycles. The van der Waals surface area contributed by atoms with Crippen molar-refractivity contribution in [3.8, 4) is 11.8 Å². The monoisotopic (exact) mass is 244 g/mol. The van der Waals surface area contributed by atoms with Gasteiger partial charge in [-0.3, -0.25) is 4.98 Å². The van der Waals surface area contributed by atoms with Gasteiger partial charge >= 0.3 is 0 Å². The van der Waals surface area contributed by atoms with E-state index in [0.717, 1.165) is 11.3 Å². The Kier molecular flexibility index (Phi) is 2.16. The van der Waals surface area contributed by atoms with Crippen LogP contribution in [0.3, 0.4) is 0 Å². The summed E-state index contributed by atoms with van der Waals surface area (Å²) in [6.45, 7) is 0.559. The molecule has 1 aliphatic heterocycles. The second-order valence-electron chi connectivity index (χ2n) is 4.15. The molecule has 0 atom stereocenters. The van der Waals surface area contributed by atoms with Crippen molar-refractivity contribution in [3.05, 3.63) is 29.8 Å². The summed E-state index contributed by atoms with van der Waals surface area (Å²) >= 11 is 0. The van der Waals surface area contributed by atoms with Crippen LogP contribution in [0.1, 0.15) is 5.56 Å². The molecule has 2 aromatic rings. The van der Waals surface area contributed by atoms with E-state index >= 15 is 0 Å². The molecule has 0 spiro atoms. The Balaban J connectivity index is 1.97. The van der Waals surface area contributed by atoms with Gasteiger partial charge in [-0.05, 0) is 17.7 Å². The maximum atomic E-state index is 9.64. The summed E-state index contributed by atoms with van der Waals surface area (Å²) in [4.78, 5) is 8.44. The number of aromatic nitrogens is 1. The van der Waals surface area contributed by atoms with Crippen LogP contribution in [0.2, 0.25) is 0 Å². The van der Waals surface area contributed by atoms with E-state index in [2.05, 4.69) is 9.98 Å². The Labute approximate surface area is 103 Å². The first kappa shape index (κ1) is 10.5. The highest BCUT2D eigenvalue weighted by atomic mass is 16.3. The Morgan fingerprint density at radius 2 is 2.11 bits per heavy atom. The minimum atomic E-state index is -0.0853. The highest BCUT2D eigenvalue weighted by Crippen LogP contribution is 2.34. The third-order valence-corrected chi connectivity index (χ3v) is 2.86. The molecule has 2 heterocycles. The number of aromatic hydroxyl groups is 2. The summed E-state index contributed by atoms with van der Waals surface area (Å²) in [5.74, 6) is -0.170. The number of fused-ring (bicyclic) bond motifs is 1. The van der Waals surface area contributed by atoms with E-state index in [0.29, 0.717) is 17.9 Å². The van der Waals surface area contributed by atoms with Crippen molar-refractivity contribution in [2.75, 3.05) is 10.6 Å². The van der Waals surface area contributed by atoms with Gasteiger partial charge in [0.2, 0.25) is 5.88 Å². The average molecular weight is 244 g/mol. The van der Waals surface area contributed by atoms with Crippen molar-refractivity contribution in [2.24, 2.45) is 4.99 Å². The fourth-order valence-corrected chi connectivity index (χ4v) is 1.98. The molecule has 1 aliphatic rings. The van der Waals surface area contributed by atoms with Crippen molar-refractivity contribution in [1.29, 1.82) is 0 Å². The lowest BCUT2D eigenvalue weighted by Crippen LogP contribution is -2.22. The molecule has 1 aromatic carbocycles. The zero-order valence-electron chi connectivity index (χ0n) is 9.46. The van der Waals surface area contributed by atoms with Gasteiger partial charge in [0, 0.05) is 11.8 Å². The molecule has 0 radical (unpaired) electrons. The lowest BCUT2D eigenvalue weighted by molar-refractivity contribution is 0.425. The second kappa shape index (κ2) is 3.69. The minimum absolute atomic E-state index is 0.0843. The van der Waals surface area contributed by atoms with Crippen molar-refractivity contribution in [1.82, 2.24) is 4.98 Å². The first-order valence-corrected chi connectivity index (χ1v) is 5.43.